The van der Waals surface area contributed by atoms with Gasteiger partial charge in [0.15, 0.2) is 5.65 Å². The Kier molecular flexibility index (Phi) is 4.23. The molecule has 0 saturated carbocycles. The number of H-pyrrole nitrogens is 2. The maximum atomic E-state index is 12.2. The first-order chi connectivity index (χ1) is 12.7. The Bertz CT molecular complexity index is 1060. The molecule has 0 bridgehead atoms. The number of aromatic amines is 2. The summed E-state index contributed by atoms with van der Waals surface area (Å²) in [6.45, 7) is 1.96. The van der Waals surface area contributed by atoms with Crippen LogP contribution in [0.2, 0.25) is 0 Å². The van der Waals surface area contributed by atoms with Crippen molar-refractivity contribution in [3.05, 3.63) is 72.3 Å². The lowest BCUT2D eigenvalue weighted by molar-refractivity contribution is -0.117. The number of imidazole rings is 1. The quantitative estimate of drug-likeness (QED) is 0.484. The van der Waals surface area contributed by atoms with E-state index in [4.69, 9.17) is 0 Å². The van der Waals surface area contributed by atoms with Crippen LogP contribution in [0.3, 0.4) is 0 Å². The molecule has 1 atom stereocenters. The third-order valence-electron chi connectivity index (χ3n) is 4.33. The first-order valence-corrected chi connectivity index (χ1v) is 8.52. The summed E-state index contributed by atoms with van der Waals surface area (Å²) in [7, 11) is 0. The highest BCUT2D eigenvalue weighted by Gasteiger charge is 2.10. The normalized spacial score (nSPS) is 12.8. The summed E-state index contributed by atoms with van der Waals surface area (Å²) in [5.74, 6) is -0.120. The molecule has 0 spiro atoms. The topological polar surface area (TPSA) is 86.5 Å². The fraction of sp³-hybridized carbons (Fsp3) is 0.150. The van der Waals surface area contributed by atoms with Gasteiger partial charge in [-0.1, -0.05) is 24.3 Å². The van der Waals surface area contributed by atoms with Crippen molar-refractivity contribution in [3.63, 3.8) is 0 Å². The third kappa shape index (κ3) is 3.35. The van der Waals surface area contributed by atoms with E-state index < -0.39 is 0 Å². The molecule has 1 unspecified atom stereocenters. The molecule has 3 aromatic heterocycles. The number of hydrogen-bond acceptors (Lipinski definition) is 3. The number of aromatic nitrogens is 4. The maximum absolute atomic E-state index is 12.2. The number of hydrogen-bond donors (Lipinski definition) is 3. The second-order valence-electron chi connectivity index (χ2n) is 6.26. The van der Waals surface area contributed by atoms with Gasteiger partial charge >= 0.3 is 0 Å². The number of rotatable bonds is 5. The minimum absolute atomic E-state index is 0.0957. The van der Waals surface area contributed by atoms with Gasteiger partial charge in [-0.2, -0.15) is 0 Å². The Morgan fingerprint density at radius 2 is 2.15 bits per heavy atom. The number of para-hydroxylation sites is 1. The van der Waals surface area contributed by atoms with Crippen molar-refractivity contribution in [2.45, 2.75) is 19.4 Å². The summed E-state index contributed by atoms with van der Waals surface area (Å²) in [6, 6.07) is 12.0. The standard InChI is InChI=1S/C20H19N5O/c1-13(17-10-15-6-2-3-7-16(15)25-17)24-19(26)8-4-5-14-9-18-20(21-11-14)23-12-22-18/h2-4,6-13,25H,5H2,1H3,(H,24,26)(H,21,22,23)/b8-4+. The smallest absolute Gasteiger partial charge is 0.244 e. The monoisotopic (exact) mass is 345 g/mol. The third-order valence-corrected chi connectivity index (χ3v) is 4.33. The Balaban J connectivity index is 1.37. The Labute approximate surface area is 150 Å². The average molecular weight is 345 g/mol. The molecule has 6 heteroatoms. The van der Waals surface area contributed by atoms with Crippen molar-refractivity contribution in [1.82, 2.24) is 25.3 Å². The lowest BCUT2D eigenvalue weighted by Crippen LogP contribution is -2.24. The molecule has 26 heavy (non-hydrogen) atoms. The first-order valence-electron chi connectivity index (χ1n) is 8.52. The van der Waals surface area contributed by atoms with E-state index in [1.807, 2.05) is 43.3 Å². The zero-order valence-corrected chi connectivity index (χ0v) is 14.4. The highest BCUT2D eigenvalue weighted by atomic mass is 16.1. The Morgan fingerprint density at radius 1 is 1.27 bits per heavy atom. The largest absolute Gasteiger partial charge is 0.357 e. The second kappa shape index (κ2) is 6.84. The van der Waals surface area contributed by atoms with Gasteiger partial charge in [-0.25, -0.2) is 9.97 Å². The van der Waals surface area contributed by atoms with Gasteiger partial charge in [0.2, 0.25) is 5.91 Å². The maximum Gasteiger partial charge on any atom is 0.244 e. The molecule has 0 aliphatic rings. The van der Waals surface area contributed by atoms with Gasteiger partial charge in [0.25, 0.3) is 0 Å². The molecule has 0 aliphatic heterocycles. The summed E-state index contributed by atoms with van der Waals surface area (Å²) in [5, 5.41) is 4.12. The molecular weight excluding hydrogens is 326 g/mol. The zero-order chi connectivity index (χ0) is 17.9. The number of pyridine rings is 1. The number of carbonyl (C=O) groups excluding carboxylic acids is 1. The molecule has 4 aromatic rings. The van der Waals surface area contributed by atoms with Gasteiger partial charge in [-0.3, -0.25) is 4.79 Å². The van der Waals surface area contributed by atoms with Crippen molar-refractivity contribution in [3.8, 4) is 0 Å². The van der Waals surface area contributed by atoms with Crippen LogP contribution in [0.1, 0.15) is 24.2 Å². The van der Waals surface area contributed by atoms with Gasteiger partial charge < -0.3 is 15.3 Å². The lowest BCUT2D eigenvalue weighted by Gasteiger charge is -2.10. The molecule has 0 aliphatic carbocycles. The number of nitrogens with one attached hydrogen (secondary N) is 3. The lowest BCUT2D eigenvalue weighted by atomic mass is 10.2. The van der Waals surface area contributed by atoms with E-state index in [9.17, 15) is 4.79 Å². The zero-order valence-electron chi connectivity index (χ0n) is 14.4. The molecule has 6 nitrogen and oxygen atoms in total. The van der Waals surface area contributed by atoms with Gasteiger partial charge in [0, 0.05) is 17.4 Å². The van der Waals surface area contributed by atoms with Crippen LogP contribution >= 0.6 is 0 Å². The van der Waals surface area contributed by atoms with Crippen LogP contribution in [0.4, 0.5) is 0 Å². The SMILES string of the molecule is CC(NC(=O)/C=C/Cc1cnc2[nH]cnc2c1)c1cc2ccccc2[nH]1. The van der Waals surface area contributed by atoms with E-state index in [0.717, 1.165) is 33.3 Å². The van der Waals surface area contributed by atoms with Crippen molar-refractivity contribution >= 4 is 28.0 Å². The number of carbonyl (C=O) groups is 1. The van der Waals surface area contributed by atoms with Crippen LogP contribution in [-0.4, -0.2) is 25.8 Å². The molecule has 1 amide bonds. The van der Waals surface area contributed by atoms with Crippen molar-refractivity contribution in [2.24, 2.45) is 0 Å². The van der Waals surface area contributed by atoms with Crippen LogP contribution in [0, 0.1) is 0 Å². The van der Waals surface area contributed by atoms with Gasteiger partial charge in [-0.05, 0) is 48.6 Å². The average Bonchev–Trinajstić information content (AvgIpc) is 3.27. The van der Waals surface area contributed by atoms with Gasteiger partial charge in [-0.15, -0.1) is 0 Å². The van der Waals surface area contributed by atoms with Crippen LogP contribution < -0.4 is 5.32 Å². The molecule has 0 saturated heterocycles. The van der Waals surface area contributed by atoms with E-state index in [0.29, 0.717) is 6.42 Å². The summed E-state index contributed by atoms with van der Waals surface area (Å²) in [6.07, 6.45) is 7.44. The molecule has 0 fully saturated rings. The number of fused-ring (bicyclic) bond motifs is 2. The predicted molar refractivity (Wildman–Crippen MR) is 102 cm³/mol. The molecule has 1 aromatic carbocycles. The molecule has 4 rings (SSSR count). The molecule has 3 heterocycles. The van der Waals surface area contributed by atoms with Crippen LogP contribution in [-0.2, 0) is 11.2 Å². The van der Waals surface area contributed by atoms with E-state index in [-0.39, 0.29) is 11.9 Å². The van der Waals surface area contributed by atoms with Crippen molar-refractivity contribution in [2.75, 3.05) is 0 Å². The number of amides is 1. The molecule has 3 N–H and O–H groups in total. The minimum Gasteiger partial charge on any atom is -0.357 e. The number of allylic oxidation sites excluding steroid dienone is 1. The summed E-state index contributed by atoms with van der Waals surface area (Å²) in [4.78, 5) is 26.9. The summed E-state index contributed by atoms with van der Waals surface area (Å²) < 4.78 is 0. The van der Waals surface area contributed by atoms with Gasteiger partial charge in [0.05, 0.1) is 12.4 Å². The Hall–Kier alpha value is -3.41. The molecule has 130 valence electrons. The highest BCUT2D eigenvalue weighted by molar-refractivity contribution is 5.88. The Morgan fingerprint density at radius 3 is 3.04 bits per heavy atom. The summed E-state index contributed by atoms with van der Waals surface area (Å²) in [5.41, 5.74) is 4.66. The number of benzene rings is 1. The van der Waals surface area contributed by atoms with E-state index >= 15 is 0 Å². The molecule has 0 radical (unpaired) electrons. The van der Waals surface area contributed by atoms with Crippen LogP contribution in [0.5, 0.6) is 0 Å². The van der Waals surface area contributed by atoms with Gasteiger partial charge in [0.1, 0.15) is 5.52 Å². The highest BCUT2D eigenvalue weighted by Crippen LogP contribution is 2.19. The van der Waals surface area contributed by atoms with Crippen LogP contribution in [0.15, 0.2) is 61.1 Å². The van der Waals surface area contributed by atoms with Crippen molar-refractivity contribution in [1.29, 1.82) is 0 Å². The molecular formula is C20H19N5O. The fourth-order valence-electron chi connectivity index (χ4n) is 2.95. The fourth-order valence-corrected chi connectivity index (χ4v) is 2.95. The van der Waals surface area contributed by atoms with Crippen LogP contribution in [0.25, 0.3) is 22.1 Å². The number of nitrogens with zero attached hydrogens (tertiary/aromatic N) is 2. The predicted octanol–water partition coefficient (Wildman–Crippen LogP) is 3.42. The minimum atomic E-state index is -0.120. The van der Waals surface area contributed by atoms with E-state index in [1.54, 1.807) is 18.6 Å². The summed E-state index contributed by atoms with van der Waals surface area (Å²) >= 11 is 0. The van der Waals surface area contributed by atoms with Crippen molar-refractivity contribution < 1.29 is 4.79 Å². The first kappa shape index (κ1) is 16.1. The second-order valence-corrected chi connectivity index (χ2v) is 6.26. The van der Waals surface area contributed by atoms with E-state index in [1.165, 1.54) is 0 Å². The van der Waals surface area contributed by atoms with E-state index in [2.05, 4.69) is 31.3 Å².